The van der Waals surface area contributed by atoms with Crippen LogP contribution >= 0.6 is 0 Å². The van der Waals surface area contributed by atoms with Gasteiger partial charge in [0.2, 0.25) is 10.0 Å². The van der Waals surface area contributed by atoms with E-state index in [0.717, 1.165) is 5.56 Å². The Balaban J connectivity index is 1.55. The highest BCUT2D eigenvalue weighted by Crippen LogP contribution is 2.36. The van der Waals surface area contributed by atoms with Gasteiger partial charge in [-0.25, -0.2) is 8.42 Å². The third kappa shape index (κ3) is 4.84. The molecule has 1 aromatic heterocycles. The Morgan fingerprint density at radius 1 is 1.11 bits per heavy atom. The van der Waals surface area contributed by atoms with Crippen molar-refractivity contribution >= 4 is 33.2 Å². The van der Waals surface area contributed by atoms with Crippen molar-refractivity contribution < 1.29 is 27.3 Å². The van der Waals surface area contributed by atoms with Gasteiger partial charge in [0, 0.05) is 29.9 Å². The molecular weight excluding hydrogens is 484 g/mol. The van der Waals surface area contributed by atoms with Gasteiger partial charge in [0.15, 0.2) is 6.61 Å². The lowest BCUT2D eigenvalue weighted by Crippen LogP contribution is -2.38. The predicted molar refractivity (Wildman–Crippen MR) is 134 cm³/mol. The number of ether oxygens (including phenoxy) is 1. The number of anilines is 2. The monoisotopic (exact) mass is 512 g/mol. The second-order valence-corrected chi connectivity index (χ2v) is 10.3. The number of sulfonamides is 1. The van der Waals surface area contributed by atoms with E-state index in [1.165, 1.54) is 28.6 Å². The zero-order valence-electron chi connectivity index (χ0n) is 20.6. The predicted octanol–water partition coefficient (Wildman–Crippen LogP) is 3.50. The summed E-state index contributed by atoms with van der Waals surface area (Å²) in [6.45, 7) is 8.03. The Labute approximate surface area is 209 Å². The van der Waals surface area contributed by atoms with Crippen LogP contribution in [0.2, 0.25) is 0 Å². The maximum Gasteiger partial charge on any atom is 0.265 e. The minimum absolute atomic E-state index is 0.0924. The molecule has 36 heavy (non-hydrogen) atoms. The van der Waals surface area contributed by atoms with Crippen LogP contribution in [0.3, 0.4) is 0 Å². The number of carbonyl (C=O) groups is 2. The van der Waals surface area contributed by atoms with Crippen LogP contribution in [0.5, 0.6) is 5.75 Å². The van der Waals surface area contributed by atoms with Crippen molar-refractivity contribution in [2.45, 2.75) is 39.1 Å². The van der Waals surface area contributed by atoms with Gasteiger partial charge in [-0.15, -0.1) is 0 Å². The summed E-state index contributed by atoms with van der Waals surface area (Å²) in [5.74, 6) is 0.507. The lowest BCUT2D eigenvalue weighted by molar-refractivity contribution is -0.121. The van der Waals surface area contributed by atoms with Gasteiger partial charge >= 0.3 is 0 Å². The van der Waals surface area contributed by atoms with Crippen LogP contribution in [0.15, 0.2) is 51.9 Å². The van der Waals surface area contributed by atoms with Crippen molar-refractivity contribution in [1.82, 2.24) is 9.46 Å². The molecule has 190 valence electrons. The lowest BCUT2D eigenvalue weighted by atomic mass is 10.1. The summed E-state index contributed by atoms with van der Waals surface area (Å²) < 4.78 is 37.5. The van der Waals surface area contributed by atoms with Gasteiger partial charge in [-0.05, 0) is 56.3 Å². The molecule has 0 atom stereocenters. The Morgan fingerprint density at radius 3 is 2.42 bits per heavy atom. The van der Waals surface area contributed by atoms with Gasteiger partial charge in [0.1, 0.15) is 11.5 Å². The molecule has 0 unspecified atom stereocenters. The Hall–Kier alpha value is -3.70. The normalized spacial score (nSPS) is 13.5. The van der Waals surface area contributed by atoms with E-state index in [1.54, 1.807) is 43.9 Å². The van der Waals surface area contributed by atoms with Crippen molar-refractivity contribution in [3.05, 3.63) is 65.0 Å². The second kappa shape index (κ2) is 10.1. The summed E-state index contributed by atoms with van der Waals surface area (Å²) in [6, 6.07) is 10.8. The third-order valence-corrected chi connectivity index (χ3v) is 8.18. The molecule has 0 fully saturated rings. The van der Waals surface area contributed by atoms with Gasteiger partial charge in [-0.3, -0.25) is 9.59 Å². The molecule has 0 aliphatic carbocycles. The Morgan fingerprint density at radius 2 is 1.81 bits per heavy atom. The van der Waals surface area contributed by atoms with Crippen LogP contribution in [0, 0.1) is 13.8 Å². The molecule has 0 saturated heterocycles. The maximum absolute atomic E-state index is 12.9. The van der Waals surface area contributed by atoms with Crippen LogP contribution in [0.4, 0.5) is 11.4 Å². The number of hydrogen-bond acceptors (Lipinski definition) is 7. The van der Waals surface area contributed by atoms with Crippen molar-refractivity contribution in [3.63, 3.8) is 0 Å². The zero-order chi connectivity index (χ0) is 26.0. The van der Waals surface area contributed by atoms with Gasteiger partial charge < -0.3 is 19.5 Å². The van der Waals surface area contributed by atoms with Crippen LogP contribution in [0.1, 0.15) is 41.2 Å². The molecule has 0 spiro atoms. The molecule has 2 amide bonds. The van der Waals surface area contributed by atoms with E-state index in [9.17, 15) is 18.0 Å². The molecular formula is C25H28N4O6S. The molecule has 0 saturated carbocycles. The average Bonchev–Trinajstić information content (AvgIpc) is 3.18. The minimum atomic E-state index is -3.61. The molecule has 10 nitrogen and oxygen atoms in total. The summed E-state index contributed by atoms with van der Waals surface area (Å²) >= 11 is 0. The van der Waals surface area contributed by atoms with Gasteiger partial charge in [-0.2, -0.15) is 4.31 Å². The smallest absolute Gasteiger partial charge is 0.265 e. The van der Waals surface area contributed by atoms with E-state index >= 15 is 0 Å². The van der Waals surface area contributed by atoms with Crippen molar-refractivity contribution in [1.29, 1.82) is 0 Å². The number of nitrogens with one attached hydrogen (secondary N) is 1. The molecule has 2 heterocycles. The molecule has 0 bridgehead atoms. The first-order valence-corrected chi connectivity index (χ1v) is 13.0. The highest BCUT2D eigenvalue weighted by atomic mass is 32.2. The molecule has 1 aliphatic heterocycles. The number of fused-ring (bicyclic) bond motifs is 1. The highest BCUT2D eigenvalue weighted by molar-refractivity contribution is 7.89. The molecule has 0 radical (unpaired) electrons. The number of carbonyl (C=O) groups excluding carboxylic acids is 2. The first kappa shape index (κ1) is 25.4. The SMILES string of the molecule is CCN(CC)S(=O)(=O)c1ccc(C(=O)Nc2ccc3c(c2)N(Cc2c(C)noc2C)C(=O)CO3)cc1. The third-order valence-electron chi connectivity index (χ3n) is 6.12. The molecule has 11 heteroatoms. The maximum atomic E-state index is 12.9. The fraction of sp³-hybridized carbons (Fsp3) is 0.320. The molecule has 1 N–H and O–H groups in total. The number of aromatic nitrogens is 1. The van der Waals surface area contributed by atoms with Gasteiger partial charge in [0.25, 0.3) is 11.8 Å². The summed E-state index contributed by atoms with van der Waals surface area (Å²) in [7, 11) is -3.61. The summed E-state index contributed by atoms with van der Waals surface area (Å²) in [5, 5.41) is 6.76. The largest absolute Gasteiger partial charge is 0.482 e. The molecule has 3 aromatic rings. The second-order valence-electron chi connectivity index (χ2n) is 8.32. The molecule has 2 aromatic carbocycles. The topological polar surface area (TPSA) is 122 Å². The first-order chi connectivity index (χ1) is 17.1. The quantitative estimate of drug-likeness (QED) is 0.490. The van der Waals surface area contributed by atoms with Crippen LogP contribution in [-0.2, 0) is 21.4 Å². The number of benzene rings is 2. The van der Waals surface area contributed by atoms with Crippen LogP contribution in [0.25, 0.3) is 0 Å². The van der Waals surface area contributed by atoms with Crippen molar-refractivity contribution in [3.8, 4) is 5.75 Å². The standard InChI is InChI=1S/C25H28N4O6S/c1-5-28(6-2)36(32,33)20-10-7-18(8-11-20)25(31)26-19-9-12-23-22(13-19)29(24(30)15-34-23)14-21-16(3)27-35-17(21)4/h7-13H,5-6,14-15H2,1-4H3,(H,26,31). The van der Waals surface area contributed by atoms with Crippen molar-refractivity contribution in [2.75, 3.05) is 29.9 Å². The van der Waals surface area contributed by atoms with Crippen LogP contribution < -0.4 is 15.0 Å². The minimum Gasteiger partial charge on any atom is -0.482 e. The lowest BCUT2D eigenvalue weighted by Gasteiger charge is -2.29. The summed E-state index contributed by atoms with van der Waals surface area (Å²) in [6.07, 6.45) is 0. The van der Waals surface area contributed by atoms with E-state index in [4.69, 9.17) is 9.26 Å². The zero-order valence-corrected chi connectivity index (χ0v) is 21.4. The fourth-order valence-electron chi connectivity index (χ4n) is 4.03. The van der Waals surface area contributed by atoms with Crippen LogP contribution in [-0.4, -0.2) is 49.4 Å². The van der Waals surface area contributed by atoms with E-state index in [2.05, 4.69) is 10.5 Å². The van der Waals surface area contributed by atoms with Crippen molar-refractivity contribution in [2.24, 2.45) is 0 Å². The first-order valence-electron chi connectivity index (χ1n) is 11.6. The number of nitrogens with zero attached hydrogens (tertiary/aromatic N) is 3. The molecule has 1 aliphatic rings. The number of rotatable bonds is 8. The summed E-state index contributed by atoms with van der Waals surface area (Å²) in [4.78, 5) is 27.3. The van der Waals surface area contributed by atoms with E-state index < -0.39 is 15.9 Å². The van der Waals surface area contributed by atoms with E-state index in [0.29, 0.717) is 47.2 Å². The fourth-order valence-corrected chi connectivity index (χ4v) is 5.49. The highest BCUT2D eigenvalue weighted by Gasteiger charge is 2.28. The molecule has 4 rings (SSSR count). The average molecular weight is 513 g/mol. The Bertz CT molecular complexity index is 1370. The number of amides is 2. The van der Waals surface area contributed by atoms with E-state index in [1.807, 2.05) is 6.92 Å². The number of hydrogen-bond donors (Lipinski definition) is 1. The summed E-state index contributed by atoms with van der Waals surface area (Å²) in [5.41, 5.74) is 2.78. The van der Waals surface area contributed by atoms with E-state index in [-0.39, 0.29) is 24.0 Å². The Kier molecular flexibility index (Phi) is 7.14. The number of aryl methyl sites for hydroxylation is 2. The van der Waals surface area contributed by atoms with Gasteiger partial charge in [0.05, 0.1) is 22.8 Å². The van der Waals surface area contributed by atoms with Gasteiger partial charge in [-0.1, -0.05) is 19.0 Å².